The fraction of sp³-hybridized carbons (Fsp3) is 0.407. The first-order chi connectivity index (χ1) is 33.9. The summed E-state index contributed by atoms with van der Waals surface area (Å²) in [4.78, 5) is 61.0. The van der Waals surface area contributed by atoms with Gasteiger partial charge in [0.1, 0.15) is 48.1 Å². The summed E-state index contributed by atoms with van der Waals surface area (Å²) in [5, 5.41) is 28.8. The Bertz CT molecular complexity index is 2950. The molecule has 0 spiro atoms. The fourth-order valence-corrected chi connectivity index (χ4v) is 11.9. The van der Waals surface area contributed by atoms with Crippen molar-refractivity contribution in [2.45, 2.75) is 98.7 Å². The Morgan fingerprint density at radius 1 is 0.931 bits per heavy atom. The first-order valence-corrected chi connectivity index (χ1v) is 26.7. The molecule has 4 aromatic carbocycles. The van der Waals surface area contributed by atoms with E-state index in [0.29, 0.717) is 27.6 Å². The van der Waals surface area contributed by atoms with Crippen molar-refractivity contribution < 1.29 is 42.2 Å². The van der Waals surface area contributed by atoms with Crippen molar-refractivity contribution in [2.24, 2.45) is 16.2 Å². The summed E-state index contributed by atoms with van der Waals surface area (Å²) in [6, 6.07) is 26.6. The molecule has 2 heterocycles. The predicted molar refractivity (Wildman–Crippen MR) is 277 cm³/mol. The second kappa shape index (κ2) is 21.4. The number of amides is 4. The highest BCUT2D eigenvalue weighted by atomic mass is 35.5. The van der Waals surface area contributed by atoms with E-state index in [1.165, 1.54) is 4.90 Å². The van der Waals surface area contributed by atoms with Crippen LogP contribution in [-0.2, 0) is 30.8 Å². The average Bonchev–Trinajstić information content (AvgIpc) is 3.95. The SMILES string of the molecule is Cc1ncsc1-c1ccc(CNC(=O)[C@@H]2C[C@@H](O)CN2C(=O)C(NC(=O)CS(=O)(=O)CCOc2ccc(-c3ccc(C(=O)N[C@H]4C(C)(C)[C@H](Oc5ccc(C#N)c(Cl)c5)C4(C)C)cc3)cc2)C(C)(C)C)cc1. The average molecular weight is 1040 g/mol. The maximum atomic E-state index is 14.1. The van der Waals surface area contributed by atoms with Crippen LogP contribution < -0.4 is 25.4 Å². The number of aliphatic hydroxyl groups is 1. The molecule has 2 fully saturated rings. The first kappa shape index (κ1) is 53.5. The molecule has 7 rings (SSSR count). The standard InChI is InChI=1S/C54H61ClN6O9S2/c1-32-45(71-31-58-32)36-11-9-33(10-12-36)28-57-48(65)43-25-39(62)29-61(43)49(66)46(52(2,3)4)59-44(63)30-72(67,68)24-23-69-40-20-17-35(18-21-40)34-13-15-37(16-14-34)47(64)60-50-53(5,6)51(54(50,7)8)70-41-22-19-38(27-56)42(55)26-41/h9-22,26,31,39,43,46,50-51,62H,23-25,28-30H2,1-8H3,(H,57,65)(H,59,63)(H,60,64)/t39-,43+,46?,50-,51-/m1/s1. The molecule has 0 radical (unpaired) electrons. The molecule has 1 unspecified atom stereocenters. The fourth-order valence-electron chi connectivity index (χ4n) is 9.91. The number of carbonyl (C=O) groups excluding carboxylic acids is 4. The van der Waals surface area contributed by atoms with Gasteiger partial charge in [0.2, 0.25) is 17.7 Å². The minimum Gasteiger partial charge on any atom is -0.493 e. The number of sulfone groups is 1. The summed E-state index contributed by atoms with van der Waals surface area (Å²) >= 11 is 7.79. The zero-order valence-corrected chi connectivity index (χ0v) is 44.0. The molecule has 1 aliphatic carbocycles. The first-order valence-electron chi connectivity index (χ1n) is 23.6. The highest BCUT2D eigenvalue weighted by Crippen LogP contribution is 2.55. The number of thiazole rings is 1. The van der Waals surface area contributed by atoms with E-state index in [9.17, 15) is 38.0 Å². The van der Waals surface area contributed by atoms with Crippen LogP contribution in [0.2, 0.25) is 5.02 Å². The van der Waals surface area contributed by atoms with Crippen LogP contribution in [0.1, 0.15) is 82.1 Å². The molecule has 1 saturated carbocycles. The third-order valence-corrected chi connectivity index (χ3v) is 16.3. The van der Waals surface area contributed by atoms with Gasteiger partial charge in [-0.05, 0) is 71.0 Å². The summed E-state index contributed by atoms with van der Waals surface area (Å²) in [6.45, 7) is 15.1. The summed E-state index contributed by atoms with van der Waals surface area (Å²) in [5.74, 6) is -2.56. The second-order valence-electron chi connectivity index (χ2n) is 20.8. The predicted octanol–water partition coefficient (Wildman–Crippen LogP) is 7.53. The highest BCUT2D eigenvalue weighted by molar-refractivity contribution is 7.92. The van der Waals surface area contributed by atoms with Gasteiger partial charge in [0, 0.05) is 48.0 Å². The number of likely N-dealkylation sites (tertiary alicyclic amines) is 1. The van der Waals surface area contributed by atoms with Crippen LogP contribution in [0.15, 0.2) is 96.5 Å². The largest absolute Gasteiger partial charge is 0.493 e. The smallest absolute Gasteiger partial charge is 0.251 e. The Kier molecular flexibility index (Phi) is 15.9. The molecule has 18 heteroatoms. The van der Waals surface area contributed by atoms with Crippen LogP contribution in [0.3, 0.4) is 0 Å². The van der Waals surface area contributed by atoms with Gasteiger partial charge in [-0.2, -0.15) is 5.26 Å². The van der Waals surface area contributed by atoms with Gasteiger partial charge in [-0.15, -0.1) is 11.3 Å². The van der Waals surface area contributed by atoms with Gasteiger partial charge in [-0.3, -0.25) is 19.2 Å². The lowest BCUT2D eigenvalue weighted by Crippen LogP contribution is -2.74. The molecule has 15 nitrogen and oxygen atoms in total. The van der Waals surface area contributed by atoms with E-state index in [1.54, 1.807) is 80.1 Å². The molecule has 1 saturated heterocycles. The molecule has 4 amide bonds. The number of carbonyl (C=O) groups is 4. The molecule has 1 aromatic heterocycles. The number of rotatable bonds is 17. The summed E-state index contributed by atoms with van der Waals surface area (Å²) < 4.78 is 38.4. The van der Waals surface area contributed by atoms with E-state index in [4.69, 9.17) is 21.1 Å². The quantitative estimate of drug-likeness (QED) is 0.0714. The number of ether oxygens (including phenoxy) is 2. The van der Waals surface area contributed by atoms with E-state index in [0.717, 1.165) is 32.8 Å². The maximum absolute atomic E-state index is 14.1. The molecule has 72 heavy (non-hydrogen) atoms. The maximum Gasteiger partial charge on any atom is 0.251 e. The van der Waals surface area contributed by atoms with Gasteiger partial charge < -0.3 is 35.4 Å². The van der Waals surface area contributed by atoms with E-state index in [2.05, 4.69) is 20.9 Å². The number of nitrogens with one attached hydrogen (secondary N) is 3. The van der Waals surface area contributed by atoms with Gasteiger partial charge in [-0.1, -0.05) is 109 Å². The molecule has 1 aliphatic heterocycles. The number of nitrogens with zero attached hydrogens (tertiary/aromatic N) is 3. The van der Waals surface area contributed by atoms with Crippen LogP contribution in [-0.4, -0.2) is 102 Å². The van der Waals surface area contributed by atoms with Crippen molar-refractivity contribution >= 4 is 56.4 Å². The summed E-state index contributed by atoms with van der Waals surface area (Å²) in [7, 11) is -3.99. The Morgan fingerprint density at radius 3 is 2.12 bits per heavy atom. The topological polar surface area (TPSA) is 217 Å². The molecular formula is C54H61ClN6O9S2. The van der Waals surface area contributed by atoms with Crippen molar-refractivity contribution in [2.75, 3.05) is 24.7 Å². The third-order valence-electron chi connectivity index (χ3n) is 13.5. The third kappa shape index (κ3) is 12.1. The second-order valence-corrected chi connectivity index (χ2v) is 24.2. The number of aromatic nitrogens is 1. The molecule has 4 N–H and O–H groups in total. The van der Waals surface area contributed by atoms with Crippen LogP contribution in [0.4, 0.5) is 0 Å². The van der Waals surface area contributed by atoms with Crippen molar-refractivity contribution in [1.29, 1.82) is 5.26 Å². The molecule has 3 atom stereocenters. The van der Waals surface area contributed by atoms with Crippen molar-refractivity contribution in [3.05, 3.63) is 124 Å². The van der Waals surface area contributed by atoms with Crippen molar-refractivity contribution in [1.82, 2.24) is 25.8 Å². The Hall–Kier alpha value is -6.32. The summed E-state index contributed by atoms with van der Waals surface area (Å²) in [5.41, 5.74) is 5.38. The minimum absolute atomic E-state index is 0.00854. The molecular weight excluding hydrogens is 976 g/mol. The molecule has 380 valence electrons. The van der Waals surface area contributed by atoms with Gasteiger partial charge in [0.15, 0.2) is 9.84 Å². The Morgan fingerprint density at radius 2 is 1.54 bits per heavy atom. The lowest BCUT2D eigenvalue weighted by molar-refractivity contribution is -0.164. The number of β-amino-alcohol motifs (C(OH)–C–C–N with tert-alkyl or cyclic N) is 1. The van der Waals surface area contributed by atoms with Crippen LogP contribution in [0, 0.1) is 34.5 Å². The Balaban J connectivity index is 0.872. The van der Waals surface area contributed by atoms with E-state index < -0.39 is 73.5 Å². The van der Waals surface area contributed by atoms with Gasteiger partial charge in [-0.25, -0.2) is 13.4 Å². The molecule has 2 aliphatic rings. The van der Waals surface area contributed by atoms with E-state index in [1.807, 2.05) is 89.2 Å². The number of aliphatic hydroxyl groups excluding tert-OH is 1. The summed E-state index contributed by atoms with van der Waals surface area (Å²) in [6.07, 6.45) is -1.20. The highest BCUT2D eigenvalue weighted by Gasteiger charge is 2.64. The lowest BCUT2D eigenvalue weighted by atomic mass is 9.49. The number of aryl methyl sites for hydroxylation is 1. The number of benzene rings is 4. The van der Waals surface area contributed by atoms with Crippen LogP contribution in [0.5, 0.6) is 11.5 Å². The number of nitriles is 1. The van der Waals surface area contributed by atoms with Gasteiger partial charge in [0.25, 0.3) is 5.91 Å². The van der Waals surface area contributed by atoms with Crippen LogP contribution in [0.25, 0.3) is 21.6 Å². The zero-order chi connectivity index (χ0) is 52.3. The molecule has 0 bridgehead atoms. The van der Waals surface area contributed by atoms with Crippen molar-refractivity contribution in [3.63, 3.8) is 0 Å². The normalized spacial score (nSPS) is 19.5. The van der Waals surface area contributed by atoms with E-state index in [-0.39, 0.29) is 44.2 Å². The lowest BCUT2D eigenvalue weighted by Gasteiger charge is -2.63. The van der Waals surface area contributed by atoms with E-state index >= 15 is 0 Å². The number of hydrogen-bond donors (Lipinski definition) is 4. The van der Waals surface area contributed by atoms with Gasteiger partial charge in [0.05, 0.1) is 38.5 Å². The van der Waals surface area contributed by atoms with Crippen molar-refractivity contribution in [3.8, 4) is 39.1 Å². The Labute approximate surface area is 430 Å². The number of halogens is 1. The number of hydrogen-bond acceptors (Lipinski definition) is 12. The van der Waals surface area contributed by atoms with Gasteiger partial charge >= 0.3 is 0 Å². The zero-order valence-electron chi connectivity index (χ0n) is 41.6. The molecule has 5 aromatic rings. The van der Waals surface area contributed by atoms with Crippen LogP contribution >= 0.6 is 22.9 Å². The minimum atomic E-state index is -3.99. The monoisotopic (exact) mass is 1040 g/mol.